The van der Waals surface area contributed by atoms with Gasteiger partial charge in [0.2, 0.25) is 0 Å². The van der Waals surface area contributed by atoms with Crippen molar-refractivity contribution in [3.8, 4) is 0 Å². The Morgan fingerprint density at radius 3 is 3.00 bits per heavy atom. The zero-order valence-electron chi connectivity index (χ0n) is 10.4. The molecule has 0 spiro atoms. The van der Waals surface area contributed by atoms with E-state index in [1.54, 1.807) is 18.6 Å². The predicted molar refractivity (Wildman–Crippen MR) is 67.1 cm³/mol. The van der Waals surface area contributed by atoms with E-state index in [1.807, 2.05) is 4.90 Å². The number of carbonyl (C=O) groups is 1. The maximum absolute atomic E-state index is 12.4. The Balaban J connectivity index is 1.76. The third kappa shape index (κ3) is 2.10. The molecule has 2 saturated heterocycles. The summed E-state index contributed by atoms with van der Waals surface area (Å²) in [6.07, 6.45) is 9.31. The Morgan fingerprint density at radius 1 is 1.33 bits per heavy atom. The molecule has 1 aromatic rings. The average Bonchev–Trinajstić information content (AvgIpc) is 3.09. The molecule has 5 heteroatoms. The Morgan fingerprint density at radius 2 is 2.28 bits per heavy atom. The molecule has 1 N–H and O–H groups in total. The number of carbonyl (C=O) groups excluding carboxylic acids is 1. The van der Waals surface area contributed by atoms with Crippen LogP contribution in [-0.2, 0) is 0 Å². The molecule has 0 aromatic carbocycles. The van der Waals surface area contributed by atoms with Gasteiger partial charge in [0.05, 0.1) is 6.20 Å². The molecular weight excluding hydrogens is 228 g/mol. The fraction of sp³-hybridized carbons (Fsp3) is 0.615. The van der Waals surface area contributed by atoms with Gasteiger partial charge in [0.15, 0.2) is 0 Å². The lowest BCUT2D eigenvalue weighted by Crippen LogP contribution is -2.46. The van der Waals surface area contributed by atoms with Crippen LogP contribution in [0, 0.1) is 0 Å². The Labute approximate surface area is 107 Å². The zero-order chi connectivity index (χ0) is 12.4. The van der Waals surface area contributed by atoms with E-state index in [2.05, 4.69) is 15.3 Å². The van der Waals surface area contributed by atoms with Crippen LogP contribution in [0.4, 0.5) is 0 Å². The number of amides is 1. The van der Waals surface area contributed by atoms with Crippen molar-refractivity contribution >= 4 is 5.91 Å². The molecule has 2 aliphatic rings. The molecule has 5 nitrogen and oxygen atoms in total. The van der Waals surface area contributed by atoms with E-state index < -0.39 is 0 Å². The first kappa shape index (κ1) is 11.6. The third-order valence-electron chi connectivity index (χ3n) is 3.91. The molecule has 1 aromatic heterocycles. The van der Waals surface area contributed by atoms with Gasteiger partial charge in [-0.05, 0) is 32.2 Å². The van der Waals surface area contributed by atoms with E-state index in [0.717, 1.165) is 25.9 Å². The highest BCUT2D eigenvalue weighted by atomic mass is 16.2. The van der Waals surface area contributed by atoms with Crippen LogP contribution < -0.4 is 5.32 Å². The minimum atomic E-state index is 0.0271. The molecule has 0 bridgehead atoms. The fourth-order valence-electron chi connectivity index (χ4n) is 3.06. The molecule has 2 aliphatic heterocycles. The normalized spacial score (nSPS) is 27.7. The molecule has 18 heavy (non-hydrogen) atoms. The van der Waals surface area contributed by atoms with Crippen LogP contribution in [0.5, 0.6) is 0 Å². The minimum Gasteiger partial charge on any atom is -0.333 e. The summed E-state index contributed by atoms with van der Waals surface area (Å²) >= 11 is 0. The summed E-state index contributed by atoms with van der Waals surface area (Å²) in [7, 11) is 0. The van der Waals surface area contributed by atoms with Crippen molar-refractivity contribution < 1.29 is 4.79 Å². The minimum absolute atomic E-state index is 0.0271. The van der Waals surface area contributed by atoms with Gasteiger partial charge in [-0.3, -0.25) is 9.78 Å². The molecule has 96 valence electrons. The van der Waals surface area contributed by atoms with Gasteiger partial charge >= 0.3 is 0 Å². The Hall–Kier alpha value is -1.49. The van der Waals surface area contributed by atoms with Crippen LogP contribution in [0.15, 0.2) is 18.6 Å². The van der Waals surface area contributed by atoms with Gasteiger partial charge in [0.25, 0.3) is 5.91 Å². The van der Waals surface area contributed by atoms with Gasteiger partial charge in [-0.1, -0.05) is 0 Å². The van der Waals surface area contributed by atoms with Gasteiger partial charge in [0, 0.05) is 31.0 Å². The van der Waals surface area contributed by atoms with Crippen LogP contribution in [-0.4, -0.2) is 45.9 Å². The second-order valence-electron chi connectivity index (χ2n) is 5.00. The topological polar surface area (TPSA) is 58.1 Å². The quantitative estimate of drug-likeness (QED) is 0.840. The number of rotatable bonds is 2. The van der Waals surface area contributed by atoms with Gasteiger partial charge < -0.3 is 10.2 Å². The lowest BCUT2D eigenvalue weighted by atomic mass is 10.0. The first-order valence-electron chi connectivity index (χ1n) is 6.66. The van der Waals surface area contributed by atoms with E-state index in [1.165, 1.54) is 12.8 Å². The van der Waals surface area contributed by atoms with Crippen LogP contribution in [0.1, 0.15) is 36.2 Å². The number of nitrogens with zero attached hydrogens (tertiary/aromatic N) is 3. The van der Waals surface area contributed by atoms with E-state index >= 15 is 0 Å². The summed E-state index contributed by atoms with van der Waals surface area (Å²) in [6.45, 7) is 1.92. The molecule has 3 rings (SSSR count). The van der Waals surface area contributed by atoms with E-state index in [9.17, 15) is 4.79 Å². The number of nitrogens with one attached hydrogen (secondary N) is 1. The summed E-state index contributed by atoms with van der Waals surface area (Å²) in [5.41, 5.74) is 0.461. The van der Waals surface area contributed by atoms with E-state index in [-0.39, 0.29) is 5.91 Å². The van der Waals surface area contributed by atoms with E-state index in [4.69, 9.17) is 0 Å². The van der Waals surface area contributed by atoms with Crippen LogP contribution >= 0.6 is 0 Å². The van der Waals surface area contributed by atoms with Crippen molar-refractivity contribution in [2.45, 2.75) is 37.8 Å². The number of aromatic nitrogens is 2. The van der Waals surface area contributed by atoms with Gasteiger partial charge in [-0.15, -0.1) is 0 Å². The van der Waals surface area contributed by atoms with Crippen molar-refractivity contribution in [1.82, 2.24) is 20.2 Å². The average molecular weight is 246 g/mol. The smallest absolute Gasteiger partial charge is 0.274 e. The highest BCUT2D eigenvalue weighted by Gasteiger charge is 2.36. The molecule has 0 radical (unpaired) electrons. The predicted octanol–water partition coefficient (Wildman–Crippen LogP) is 0.833. The van der Waals surface area contributed by atoms with E-state index in [0.29, 0.717) is 17.8 Å². The molecular formula is C13H18N4O. The zero-order valence-corrected chi connectivity index (χ0v) is 10.4. The molecule has 0 saturated carbocycles. The number of likely N-dealkylation sites (tertiary alicyclic amines) is 1. The molecule has 1 amide bonds. The lowest BCUT2D eigenvalue weighted by Gasteiger charge is -2.29. The van der Waals surface area contributed by atoms with Crippen molar-refractivity contribution in [3.05, 3.63) is 24.3 Å². The molecule has 0 aliphatic carbocycles. The van der Waals surface area contributed by atoms with Crippen molar-refractivity contribution in [2.75, 3.05) is 13.1 Å². The fourth-order valence-corrected chi connectivity index (χ4v) is 3.06. The van der Waals surface area contributed by atoms with Crippen molar-refractivity contribution in [1.29, 1.82) is 0 Å². The second-order valence-corrected chi connectivity index (χ2v) is 5.00. The van der Waals surface area contributed by atoms with Crippen molar-refractivity contribution in [3.63, 3.8) is 0 Å². The second kappa shape index (κ2) is 5.02. The largest absolute Gasteiger partial charge is 0.333 e. The van der Waals surface area contributed by atoms with Crippen LogP contribution in [0.3, 0.4) is 0 Å². The molecule has 2 unspecified atom stereocenters. The van der Waals surface area contributed by atoms with Crippen LogP contribution in [0.25, 0.3) is 0 Å². The number of hydrogen-bond donors (Lipinski definition) is 1. The first-order chi connectivity index (χ1) is 8.86. The maximum Gasteiger partial charge on any atom is 0.274 e. The number of hydrogen-bond acceptors (Lipinski definition) is 4. The highest BCUT2D eigenvalue weighted by Crippen LogP contribution is 2.25. The lowest BCUT2D eigenvalue weighted by molar-refractivity contribution is 0.0705. The maximum atomic E-state index is 12.4. The standard InChI is InChI=1S/C13H18N4O/c18-13(11-9-14-6-7-16-11)17-8-2-4-12(17)10-3-1-5-15-10/h6-7,9-10,12,15H,1-5,8H2. The monoisotopic (exact) mass is 246 g/mol. The Bertz CT molecular complexity index is 416. The Kier molecular flexibility index (Phi) is 3.23. The first-order valence-corrected chi connectivity index (χ1v) is 6.66. The van der Waals surface area contributed by atoms with Gasteiger partial charge in [-0.2, -0.15) is 0 Å². The third-order valence-corrected chi connectivity index (χ3v) is 3.91. The molecule has 2 fully saturated rings. The molecule has 3 heterocycles. The summed E-state index contributed by atoms with van der Waals surface area (Å²) in [4.78, 5) is 22.5. The summed E-state index contributed by atoms with van der Waals surface area (Å²) in [5, 5.41) is 3.50. The van der Waals surface area contributed by atoms with Gasteiger partial charge in [-0.25, -0.2) is 4.98 Å². The summed E-state index contributed by atoms with van der Waals surface area (Å²) < 4.78 is 0. The summed E-state index contributed by atoms with van der Waals surface area (Å²) in [6, 6.07) is 0.801. The van der Waals surface area contributed by atoms with Gasteiger partial charge in [0.1, 0.15) is 5.69 Å². The van der Waals surface area contributed by atoms with Crippen molar-refractivity contribution in [2.24, 2.45) is 0 Å². The SMILES string of the molecule is O=C(c1cnccn1)N1CCCC1C1CCCN1. The van der Waals surface area contributed by atoms with Crippen LogP contribution in [0.2, 0.25) is 0 Å². The summed E-state index contributed by atoms with van der Waals surface area (Å²) in [5.74, 6) is 0.0271. The highest BCUT2D eigenvalue weighted by molar-refractivity contribution is 5.92. The molecule has 2 atom stereocenters.